The van der Waals surface area contributed by atoms with Gasteiger partial charge in [-0.15, -0.1) is 0 Å². The van der Waals surface area contributed by atoms with Crippen LogP contribution in [0.1, 0.15) is 20.3 Å². The largest absolute Gasteiger partial charge is 1.00 e. The number of halogens is 1. The molecule has 1 N–H and O–H groups in total. The van der Waals surface area contributed by atoms with Crippen molar-refractivity contribution in [1.29, 1.82) is 0 Å². The molecule has 0 aliphatic carbocycles. The monoisotopic (exact) mass is 195 g/mol. The lowest BCUT2D eigenvalue weighted by Crippen LogP contribution is -3.00. The highest BCUT2D eigenvalue weighted by atomic mass is 35.5. The Kier molecular flexibility index (Phi) is 8.21. The maximum absolute atomic E-state index is 8.75. The average Bonchev–Trinajstić information content (AvgIpc) is 1.84. The van der Waals surface area contributed by atoms with Crippen molar-refractivity contribution in [2.24, 2.45) is 5.92 Å². The maximum atomic E-state index is 8.75. The molecule has 0 saturated heterocycles. The summed E-state index contributed by atoms with van der Waals surface area (Å²) >= 11 is 0. The van der Waals surface area contributed by atoms with Gasteiger partial charge in [0.2, 0.25) is 0 Å². The van der Waals surface area contributed by atoms with Crippen molar-refractivity contribution in [3.8, 4) is 0 Å². The molecule has 0 spiro atoms. The molecule has 0 aliphatic heterocycles. The predicted molar refractivity (Wildman–Crippen MR) is 48.4 cm³/mol. The van der Waals surface area contributed by atoms with E-state index in [0.717, 1.165) is 23.5 Å². The molecular weight excluding hydrogens is 174 g/mol. The highest BCUT2D eigenvalue weighted by Gasteiger charge is 2.13. The van der Waals surface area contributed by atoms with Gasteiger partial charge in [-0.1, -0.05) is 13.8 Å². The van der Waals surface area contributed by atoms with Crippen LogP contribution in [-0.2, 0) is 0 Å². The summed E-state index contributed by atoms with van der Waals surface area (Å²) in [5, 5.41) is 8.75. The molecule has 0 amide bonds. The van der Waals surface area contributed by atoms with Gasteiger partial charge in [0, 0.05) is 0 Å². The number of likely N-dealkylation sites (N-methyl/N-ethyl adjacent to an activating group) is 1. The van der Waals surface area contributed by atoms with E-state index in [-0.39, 0.29) is 12.4 Å². The molecule has 0 rings (SSSR count). The molecule has 0 bridgehead atoms. The molecule has 0 aromatic heterocycles. The molecule has 76 valence electrons. The summed E-state index contributed by atoms with van der Waals surface area (Å²) in [6.07, 6.45) is 1.24. The summed E-state index contributed by atoms with van der Waals surface area (Å²) < 4.78 is 0.939. The van der Waals surface area contributed by atoms with Crippen molar-refractivity contribution in [3.05, 3.63) is 0 Å². The summed E-state index contributed by atoms with van der Waals surface area (Å²) in [5.74, 6) is 0.770. The van der Waals surface area contributed by atoms with Crippen LogP contribution in [0.2, 0.25) is 0 Å². The summed E-state index contributed by atoms with van der Waals surface area (Å²) in [7, 11) is 4.33. The van der Waals surface area contributed by atoms with E-state index in [2.05, 4.69) is 27.9 Å². The summed E-state index contributed by atoms with van der Waals surface area (Å²) in [6, 6.07) is 0. The topological polar surface area (TPSA) is 20.2 Å². The van der Waals surface area contributed by atoms with Gasteiger partial charge in [0.15, 0.2) is 0 Å². The van der Waals surface area contributed by atoms with Gasteiger partial charge < -0.3 is 22.0 Å². The SMILES string of the molecule is CC(C)CC[N+](C)(C)CCO.[Cl-]. The van der Waals surface area contributed by atoms with E-state index in [1.807, 2.05) is 0 Å². The first-order valence-electron chi connectivity index (χ1n) is 4.41. The Morgan fingerprint density at radius 1 is 1.17 bits per heavy atom. The van der Waals surface area contributed by atoms with Crippen molar-refractivity contribution >= 4 is 0 Å². The van der Waals surface area contributed by atoms with E-state index in [0.29, 0.717) is 6.61 Å². The molecule has 0 aromatic rings. The number of quaternary nitrogens is 1. The molecule has 12 heavy (non-hydrogen) atoms. The van der Waals surface area contributed by atoms with E-state index < -0.39 is 0 Å². The minimum atomic E-state index is 0. The summed E-state index contributed by atoms with van der Waals surface area (Å²) in [5.41, 5.74) is 0. The highest BCUT2D eigenvalue weighted by Crippen LogP contribution is 2.05. The van der Waals surface area contributed by atoms with Crippen molar-refractivity contribution in [2.45, 2.75) is 20.3 Å². The zero-order valence-corrected chi connectivity index (χ0v) is 9.43. The van der Waals surface area contributed by atoms with E-state index in [1.54, 1.807) is 0 Å². The van der Waals surface area contributed by atoms with Gasteiger partial charge in [-0.2, -0.15) is 0 Å². The fourth-order valence-electron chi connectivity index (χ4n) is 0.990. The fraction of sp³-hybridized carbons (Fsp3) is 1.00. The Balaban J connectivity index is 0. The Morgan fingerprint density at radius 3 is 2.00 bits per heavy atom. The lowest BCUT2D eigenvalue weighted by Gasteiger charge is -2.29. The van der Waals surface area contributed by atoms with E-state index in [9.17, 15) is 0 Å². The van der Waals surface area contributed by atoms with Crippen LogP contribution < -0.4 is 12.4 Å². The zero-order chi connectivity index (χ0) is 8.91. The van der Waals surface area contributed by atoms with Crippen molar-refractivity contribution < 1.29 is 22.0 Å². The smallest absolute Gasteiger partial charge is 0.102 e. The van der Waals surface area contributed by atoms with E-state index in [1.165, 1.54) is 6.42 Å². The molecule has 0 saturated carbocycles. The Bertz CT molecular complexity index is 105. The van der Waals surface area contributed by atoms with Crippen molar-refractivity contribution in [3.63, 3.8) is 0 Å². The van der Waals surface area contributed by atoms with Gasteiger partial charge in [0.05, 0.1) is 27.2 Å². The number of hydrogen-bond acceptors (Lipinski definition) is 1. The van der Waals surface area contributed by atoms with E-state index in [4.69, 9.17) is 5.11 Å². The lowest BCUT2D eigenvalue weighted by atomic mass is 10.1. The average molecular weight is 196 g/mol. The fourth-order valence-corrected chi connectivity index (χ4v) is 0.990. The molecular formula is C9H22ClNO. The van der Waals surface area contributed by atoms with Crippen LogP contribution in [0.15, 0.2) is 0 Å². The Morgan fingerprint density at radius 2 is 1.67 bits per heavy atom. The van der Waals surface area contributed by atoms with Gasteiger partial charge >= 0.3 is 0 Å². The Hall–Kier alpha value is 0.210. The van der Waals surface area contributed by atoms with Crippen molar-refractivity contribution in [2.75, 3.05) is 33.8 Å². The van der Waals surface area contributed by atoms with E-state index >= 15 is 0 Å². The molecule has 0 aromatic carbocycles. The van der Waals surface area contributed by atoms with Crippen LogP contribution >= 0.6 is 0 Å². The Labute approximate surface area is 82.6 Å². The number of aliphatic hydroxyl groups is 1. The molecule has 0 atom stereocenters. The number of nitrogens with zero attached hydrogens (tertiary/aromatic N) is 1. The molecule has 0 aliphatic rings. The zero-order valence-electron chi connectivity index (χ0n) is 8.68. The summed E-state index contributed by atoms with van der Waals surface area (Å²) in [6.45, 7) is 6.80. The van der Waals surface area contributed by atoms with Gasteiger partial charge in [-0.3, -0.25) is 0 Å². The first-order valence-corrected chi connectivity index (χ1v) is 4.41. The molecule has 0 radical (unpaired) electrons. The number of aliphatic hydroxyl groups excluding tert-OH is 1. The van der Waals surface area contributed by atoms with Crippen molar-refractivity contribution in [1.82, 2.24) is 0 Å². The third-order valence-electron chi connectivity index (χ3n) is 2.02. The molecule has 3 heteroatoms. The second kappa shape index (κ2) is 6.70. The minimum absolute atomic E-state index is 0. The van der Waals surface area contributed by atoms with Crippen LogP contribution in [0, 0.1) is 5.92 Å². The molecule has 0 heterocycles. The van der Waals surface area contributed by atoms with Gasteiger partial charge in [-0.25, -0.2) is 0 Å². The first-order chi connectivity index (χ1) is 4.98. The minimum Gasteiger partial charge on any atom is -1.00 e. The maximum Gasteiger partial charge on any atom is 0.102 e. The molecule has 2 nitrogen and oxygen atoms in total. The van der Waals surface area contributed by atoms with Crippen LogP contribution in [0.3, 0.4) is 0 Å². The number of rotatable bonds is 5. The van der Waals surface area contributed by atoms with Crippen LogP contribution in [0.4, 0.5) is 0 Å². The van der Waals surface area contributed by atoms with Crippen LogP contribution in [0.5, 0.6) is 0 Å². The molecule has 0 fully saturated rings. The number of hydrogen-bond donors (Lipinski definition) is 1. The second-order valence-electron chi connectivity index (χ2n) is 4.29. The van der Waals surface area contributed by atoms with Gasteiger partial charge in [-0.05, 0) is 12.3 Å². The third kappa shape index (κ3) is 8.31. The quantitative estimate of drug-likeness (QED) is 0.509. The third-order valence-corrected chi connectivity index (χ3v) is 2.02. The van der Waals surface area contributed by atoms with Gasteiger partial charge in [0.25, 0.3) is 0 Å². The summed E-state index contributed by atoms with van der Waals surface area (Å²) in [4.78, 5) is 0. The first kappa shape index (κ1) is 14.7. The highest BCUT2D eigenvalue weighted by molar-refractivity contribution is 4.43. The predicted octanol–water partition coefficient (Wildman–Crippen LogP) is -1.89. The molecule has 0 unspecified atom stereocenters. The second-order valence-corrected chi connectivity index (χ2v) is 4.29. The lowest BCUT2D eigenvalue weighted by molar-refractivity contribution is -0.891. The van der Waals surface area contributed by atoms with Crippen LogP contribution in [0.25, 0.3) is 0 Å². The normalized spacial score (nSPS) is 11.5. The standard InChI is InChI=1S/C9H22NO.ClH/c1-9(2)5-6-10(3,4)7-8-11;/h9,11H,5-8H2,1-4H3;1H/q+1;/p-1. The van der Waals surface area contributed by atoms with Crippen LogP contribution in [-0.4, -0.2) is 43.4 Å². The van der Waals surface area contributed by atoms with Gasteiger partial charge in [0.1, 0.15) is 6.54 Å².